The van der Waals surface area contributed by atoms with Gasteiger partial charge in [0.2, 0.25) is 0 Å². The second kappa shape index (κ2) is 9.96. The molecule has 0 bridgehead atoms. The summed E-state index contributed by atoms with van der Waals surface area (Å²) in [6.45, 7) is 3.71. The van der Waals surface area contributed by atoms with Crippen LogP contribution in [0.3, 0.4) is 0 Å². The molecule has 5 nitrogen and oxygen atoms in total. The standard InChI is InChI=1S/C29H30N2O3/c1-19-26(30-31(3)4)18-24-8-6-7-9-27(24)34-29(19)28(23-14-16-25(33-5)17-15-23)22-12-10-21(11-13-22)20(2)32/h6-17,19H,18H2,1-5H3/b29-28-,30-26-. The van der Waals surface area contributed by atoms with E-state index in [2.05, 4.69) is 13.0 Å². The maximum atomic E-state index is 11.9. The number of carbonyl (C=O) groups excluding carboxylic acids is 1. The van der Waals surface area contributed by atoms with Crippen LogP contribution in [-0.4, -0.2) is 37.7 Å². The number of nitrogens with zero attached hydrogens (tertiary/aromatic N) is 2. The van der Waals surface area contributed by atoms with Crippen LogP contribution in [0.25, 0.3) is 5.57 Å². The molecule has 0 saturated carbocycles. The molecular weight excluding hydrogens is 424 g/mol. The van der Waals surface area contributed by atoms with Crippen molar-refractivity contribution in [3.05, 3.63) is 101 Å². The maximum absolute atomic E-state index is 11.9. The zero-order valence-electron chi connectivity index (χ0n) is 20.3. The summed E-state index contributed by atoms with van der Waals surface area (Å²) in [6, 6.07) is 23.8. The molecule has 174 valence electrons. The van der Waals surface area contributed by atoms with Crippen molar-refractivity contribution < 1.29 is 14.3 Å². The summed E-state index contributed by atoms with van der Waals surface area (Å²) in [5, 5.41) is 6.67. The van der Waals surface area contributed by atoms with Crippen molar-refractivity contribution in [1.29, 1.82) is 0 Å². The van der Waals surface area contributed by atoms with Gasteiger partial charge in [-0.2, -0.15) is 5.10 Å². The molecule has 1 aliphatic heterocycles. The third-order valence-corrected chi connectivity index (χ3v) is 5.99. The monoisotopic (exact) mass is 454 g/mol. The summed E-state index contributed by atoms with van der Waals surface area (Å²) in [5.41, 5.74) is 5.75. The maximum Gasteiger partial charge on any atom is 0.159 e. The Hall–Kier alpha value is -3.86. The molecule has 5 heteroatoms. The molecule has 4 rings (SSSR count). The largest absolute Gasteiger partial charge is 0.497 e. The van der Waals surface area contributed by atoms with Crippen molar-refractivity contribution >= 4 is 17.1 Å². The Bertz CT molecular complexity index is 1240. The van der Waals surface area contributed by atoms with Gasteiger partial charge >= 0.3 is 0 Å². The van der Waals surface area contributed by atoms with Crippen molar-refractivity contribution in [3.8, 4) is 11.5 Å². The lowest BCUT2D eigenvalue weighted by Crippen LogP contribution is -2.21. The molecule has 1 unspecified atom stereocenters. The van der Waals surface area contributed by atoms with Crippen molar-refractivity contribution in [2.45, 2.75) is 20.3 Å². The average molecular weight is 455 g/mol. The fourth-order valence-electron chi connectivity index (χ4n) is 4.18. The van der Waals surface area contributed by atoms with E-state index in [0.717, 1.165) is 45.2 Å². The minimum absolute atomic E-state index is 0.0404. The van der Waals surface area contributed by atoms with Crippen molar-refractivity contribution in [2.24, 2.45) is 11.0 Å². The molecule has 3 aromatic rings. The van der Waals surface area contributed by atoms with E-state index in [0.29, 0.717) is 12.0 Å². The number of rotatable bonds is 5. The first-order valence-electron chi connectivity index (χ1n) is 11.4. The summed E-state index contributed by atoms with van der Waals surface area (Å²) in [4.78, 5) is 11.9. The smallest absolute Gasteiger partial charge is 0.159 e. The first-order chi connectivity index (χ1) is 16.4. The molecule has 0 aromatic heterocycles. The van der Waals surface area contributed by atoms with E-state index >= 15 is 0 Å². The third kappa shape index (κ3) is 4.88. The number of ether oxygens (including phenoxy) is 2. The molecule has 0 spiro atoms. The summed E-state index contributed by atoms with van der Waals surface area (Å²) in [7, 11) is 5.53. The number of hydrazone groups is 1. The van der Waals surface area contributed by atoms with E-state index in [1.54, 1.807) is 14.0 Å². The van der Waals surface area contributed by atoms with Gasteiger partial charge in [0.1, 0.15) is 17.3 Å². The fourth-order valence-corrected chi connectivity index (χ4v) is 4.18. The average Bonchev–Trinajstić information content (AvgIpc) is 2.96. The number of fused-ring (bicyclic) bond motifs is 1. The number of hydrogen-bond donors (Lipinski definition) is 0. The Labute approximate surface area is 201 Å². The molecular formula is C29H30N2O3. The Morgan fingerprint density at radius 2 is 1.53 bits per heavy atom. The number of allylic oxidation sites excluding steroid dienone is 1. The summed E-state index contributed by atoms with van der Waals surface area (Å²) >= 11 is 0. The molecule has 1 atom stereocenters. The van der Waals surface area contributed by atoms with Gasteiger partial charge in [0.15, 0.2) is 5.78 Å². The summed E-state index contributed by atoms with van der Waals surface area (Å²) in [6.07, 6.45) is 0.707. The quantitative estimate of drug-likeness (QED) is 0.359. The Kier molecular flexibility index (Phi) is 6.82. The molecule has 0 aliphatic carbocycles. The zero-order chi connectivity index (χ0) is 24.2. The van der Waals surface area contributed by atoms with Crippen LogP contribution in [0.2, 0.25) is 0 Å². The molecule has 0 saturated heterocycles. The summed E-state index contributed by atoms with van der Waals surface area (Å²) in [5.74, 6) is 2.42. The topological polar surface area (TPSA) is 51.1 Å². The number of methoxy groups -OCH3 is 1. The Morgan fingerprint density at radius 1 is 0.941 bits per heavy atom. The van der Waals surface area contributed by atoms with Gasteiger partial charge in [0.25, 0.3) is 0 Å². The zero-order valence-corrected chi connectivity index (χ0v) is 20.3. The van der Waals surface area contributed by atoms with Crippen molar-refractivity contribution in [2.75, 3.05) is 21.2 Å². The first-order valence-corrected chi connectivity index (χ1v) is 11.4. The van der Waals surface area contributed by atoms with E-state index in [4.69, 9.17) is 14.6 Å². The molecule has 34 heavy (non-hydrogen) atoms. The van der Waals surface area contributed by atoms with Gasteiger partial charge in [-0.25, -0.2) is 0 Å². The molecule has 0 N–H and O–H groups in total. The molecule has 0 radical (unpaired) electrons. The van der Waals surface area contributed by atoms with Crippen LogP contribution >= 0.6 is 0 Å². The molecule has 0 fully saturated rings. The van der Waals surface area contributed by atoms with Crippen LogP contribution in [-0.2, 0) is 6.42 Å². The second-order valence-electron chi connectivity index (χ2n) is 8.65. The number of benzene rings is 3. The van der Waals surface area contributed by atoms with Gasteiger partial charge in [-0.1, -0.05) is 54.6 Å². The second-order valence-corrected chi connectivity index (χ2v) is 8.65. The fraction of sp³-hybridized carbons (Fsp3) is 0.241. The molecule has 1 aliphatic rings. The van der Waals surface area contributed by atoms with E-state index in [9.17, 15) is 4.79 Å². The summed E-state index contributed by atoms with van der Waals surface area (Å²) < 4.78 is 12.0. The van der Waals surface area contributed by atoms with Crippen LogP contribution in [0.15, 0.2) is 83.7 Å². The van der Waals surface area contributed by atoms with Crippen LogP contribution in [0.5, 0.6) is 11.5 Å². The van der Waals surface area contributed by atoms with Crippen LogP contribution in [0.4, 0.5) is 0 Å². The van der Waals surface area contributed by atoms with E-state index in [1.165, 1.54) is 0 Å². The first kappa shape index (κ1) is 23.3. The predicted molar refractivity (Wildman–Crippen MR) is 137 cm³/mol. The van der Waals surface area contributed by atoms with Gasteiger partial charge in [0.05, 0.1) is 18.7 Å². The highest BCUT2D eigenvalue weighted by Gasteiger charge is 2.29. The van der Waals surface area contributed by atoms with E-state index < -0.39 is 0 Å². The lowest BCUT2D eigenvalue weighted by atomic mass is 9.89. The molecule has 3 aromatic carbocycles. The predicted octanol–water partition coefficient (Wildman–Crippen LogP) is 5.85. The third-order valence-electron chi connectivity index (χ3n) is 5.99. The number of para-hydroxylation sites is 1. The van der Waals surface area contributed by atoms with Gasteiger partial charge in [-0.15, -0.1) is 0 Å². The number of Topliss-reactive ketones (excluding diaryl/α,β-unsaturated/α-hetero) is 1. The van der Waals surface area contributed by atoms with Crippen molar-refractivity contribution in [1.82, 2.24) is 5.01 Å². The van der Waals surface area contributed by atoms with Crippen LogP contribution in [0.1, 0.15) is 40.9 Å². The van der Waals surface area contributed by atoms with Gasteiger partial charge in [-0.05, 0) is 43.2 Å². The highest BCUT2D eigenvalue weighted by molar-refractivity contribution is 5.96. The van der Waals surface area contributed by atoms with Gasteiger partial charge in [0, 0.05) is 37.2 Å². The SMILES string of the molecule is COc1ccc(/C(=C2\Oc3ccccc3C/C(=N/N(C)C)C2C)c2ccc(C(C)=O)cc2)cc1. The lowest BCUT2D eigenvalue weighted by molar-refractivity contribution is 0.101. The molecule has 0 amide bonds. The minimum atomic E-state index is -0.0700. The number of carbonyl (C=O) groups is 1. The molecule has 1 heterocycles. The Morgan fingerprint density at radius 3 is 2.12 bits per heavy atom. The Balaban J connectivity index is 1.98. The number of hydrogen-bond acceptors (Lipinski definition) is 5. The highest BCUT2D eigenvalue weighted by atomic mass is 16.5. The number of ketones is 1. The van der Waals surface area contributed by atoms with Crippen LogP contribution in [0, 0.1) is 5.92 Å². The minimum Gasteiger partial charge on any atom is -0.497 e. The lowest BCUT2D eigenvalue weighted by Gasteiger charge is -2.22. The normalized spacial score (nSPS) is 17.9. The van der Waals surface area contributed by atoms with Gasteiger partial charge in [-0.3, -0.25) is 4.79 Å². The van der Waals surface area contributed by atoms with Crippen LogP contribution < -0.4 is 9.47 Å². The van der Waals surface area contributed by atoms with Gasteiger partial charge < -0.3 is 14.5 Å². The van der Waals surface area contributed by atoms with E-state index in [-0.39, 0.29) is 11.7 Å². The van der Waals surface area contributed by atoms with E-state index in [1.807, 2.05) is 85.8 Å². The highest BCUT2D eigenvalue weighted by Crippen LogP contribution is 2.38. The van der Waals surface area contributed by atoms with Crippen molar-refractivity contribution in [3.63, 3.8) is 0 Å².